The zero-order chi connectivity index (χ0) is 9.97. The highest BCUT2D eigenvalue weighted by Crippen LogP contribution is 2.23. The Labute approximate surface area is 93.0 Å². The minimum atomic E-state index is 0.948. The lowest BCUT2D eigenvalue weighted by Gasteiger charge is -2.26. The summed E-state index contributed by atoms with van der Waals surface area (Å²) in [5, 5.41) is 0. The van der Waals surface area contributed by atoms with Crippen molar-refractivity contribution < 1.29 is 4.74 Å². The zero-order valence-electron chi connectivity index (χ0n) is 8.29. The van der Waals surface area contributed by atoms with E-state index in [4.69, 9.17) is 4.74 Å². The van der Waals surface area contributed by atoms with Gasteiger partial charge in [-0.25, -0.2) is 0 Å². The number of halogens is 1. The number of methoxy groups -OCH3 is 1. The molecule has 0 bridgehead atoms. The number of benzene rings is 1. The van der Waals surface area contributed by atoms with E-state index in [1.165, 1.54) is 11.1 Å². The summed E-state index contributed by atoms with van der Waals surface area (Å²) in [6, 6.07) is 6.37. The van der Waals surface area contributed by atoms with E-state index in [1.54, 1.807) is 7.11 Å². The van der Waals surface area contributed by atoms with Gasteiger partial charge >= 0.3 is 0 Å². The van der Waals surface area contributed by atoms with E-state index in [-0.39, 0.29) is 0 Å². The van der Waals surface area contributed by atoms with Gasteiger partial charge in [-0.15, -0.1) is 0 Å². The first-order valence-corrected chi connectivity index (χ1v) is 5.89. The fourth-order valence-electron chi connectivity index (χ4n) is 1.82. The van der Waals surface area contributed by atoms with Gasteiger partial charge in [0.05, 0.1) is 12.6 Å². The molecule has 0 saturated heterocycles. The van der Waals surface area contributed by atoms with Gasteiger partial charge in [0.1, 0.15) is 5.75 Å². The Kier molecular flexibility index (Phi) is 3.08. The van der Waals surface area contributed by atoms with E-state index in [2.05, 4.69) is 33.0 Å². The second kappa shape index (κ2) is 4.32. The van der Waals surface area contributed by atoms with Gasteiger partial charge in [0.25, 0.3) is 0 Å². The lowest BCUT2D eigenvalue weighted by Crippen LogP contribution is -2.29. The van der Waals surface area contributed by atoms with Crippen LogP contribution in [0.15, 0.2) is 18.2 Å². The summed E-state index contributed by atoms with van der Waals surface area (Å²) in [5.41, 5.74) is 3.81. The van der Waals surface area contributed by atoms with Crippen LogP contribution < -0.4 is 4.74 Å². The summed E-state index contributed by atoms with van der Waals surface area (Å²) >= 11 is 3.49. The molecule has 0 radical (unpaired) electrons. The number of fused-ring (bicyclic) bond motifs is 1. The van der Waals surface area contributed by atoms with Gasteiger partial charge < -0.3 is 4.74 Å². The molecule has 2 nitrogen and oxygen atoms in total. The molecule has 1 aromatic carbocycles. The van der Waals surface area contributed by atoms with Crippen molar-refractivity contribution in [2.24, 2.45) is 0 Å². The summed E-state index contributed by atoms with van der Waals surface area (Å²) in [5.74, 6) is 0.958. The first kappa shape index (κ1) is 9.99. The zero-order valence-corrected chi connectivity index (χ0v) is 9.88. The van der Waals surface area contributed by atoms with Crippen molar-refractivity contribution in [1.82, 2.24) is 4.90 Å². The van der Waals surface area contributed by atoms with Crippen LogP contribution in [0.3, 0.4) is 0 Å². The van der Waals surface area contributed by atoms with E-state index in [0.29, 0.717) is 0 Å². The summed E-state index contributed by atoms with van der Waals surface area (Å²) in [7, 11) is 1.72. The summed E-state index contributed by atoms with van der Waals surface area (Å²) in [6.45, 7) is 2.17. The van der Waals surface area contributed by atoms with Crippen LogP contribution in [0, 0.1) is 0 Å². The van der Waals surface area contributed by atoms with Crippen LogP contribution in [0.5, 0.6) is 5.75 Å². The predicted octanol–water partition coefficient (Wildman–Crippen LogP) is 2.41. The molecule has 76 valence electrons. The van der Waals surface area contributed by atoms with Gasteiger partial charge in [-0.05, 0) is 29.7 Å². The van der Waals surface area contributed by atoms with E-state index >= 15 is 0 Å². The van der Waals surface area contributed by atoms with E-state index in [9.17, 15) is 0 Å². The number of nitrogens with zero attached hydrogens (tertiary/aromatic N) is 1. The van der Waals surface area contributed by atoms with Gasteiger partial charge in [0, 0.05) is 13.1 Å². The molecule has 0 N–H and O–H groups in total. The van der Waals surface area contributed by atoms with Gasteiger partial charge in [0.2, 0.25) is 0 Å². The third-order valence-corrected chi connectivity index (χ3v) is 3.38. The Hall–Kier alpha value is -0.540. The predicted molar refractivity (Wildman–Crippen MR) is 60.9 cm³/mol. The minimum absolute atomic E-state index is 0.948. The fraction of sp³-hybridized carbons (Fsp3) is 0.455. The maximum atomic E-state index is 5.22. The lowest BCUT2D eigenvalue weighted by atomic mass is 10.00. The highest BCUT2D eigenvalue weighted by atomic mass is 79.9. The largest absolute Gasteiger partial charge is 0.497 e. The van der Waals surface area contributed by atoms with E-state index in [0.717, 1.165) is 30.7 Å². The van der Waals surface area contributed by atoms with Crippen molar-refractivity contribution in [1.29, 1.82) is 0 Å². The third kappa shape index (κ3) is 1.93. The fourth-order valence-corrected chi connectivity index (χ4v) is 2.25. The quantitative estimate of drug-likeness (QED) is 0.595. The molecule has 0 aliphatic carbocycles. The van der Waals surface area contributed by atoms with Crippen molar-refractivity contribution in [3.63, 3.8) is 0 Å². The van der Waals surface area contributed by atoms with Gasteiger partial charge in [0.15, 0.2) is 0 Å². The molecule has 1 aliphatic rings. The number of hydrogen-bond donors (Lipinski definition) is 0. The lowest BCUT2D eigenvalue weighted by molar-refractivity contribution is 0.301. The van der Waals surface area contributed by atoms with E-state index < -0.39 is 0 Å². The van der Waals surface area contributed by atoms with Crippen molar-refractivity contribution in [3.8, 4) is 5.75 Å². The minimum Gasteiger partial charge on any atom is -0.497 e. The Bertz CT molecular complexity index is 327. The van der Waals surface area contributed by atoms with Crippen LogP contribution in [0.4, 0.5) is 0 Å². The van der Waals surface area contributed by atoms with Crippen LogP contribution in [0.1, 0.15) is 11.1 Å². The molecule has 0 unspecified atom stereocenters. The average molecular weight is 256 g/mol. The monoisotopic (exact) mass is 255 g/mol. The molecule has 14 heavy (non-hydrogen) atoms. The van der Waals surface area contributed by atoms with Crippen molar-refractivity contribution in [2.75, 3.05) is 19.1 Å². The Balaban J connectivity index is 2.25. The van der Waals surface area contributed by atoms with Crippen molar-refractivity contribution >= 4 is 15.9 Å². The number of alkyl halides is 1. The maximum absolute atomic E-state index is 5.22. The maximum Gasteiger partial charge on any atom is 0.119 e. The molecule has 1 aliphatic heterocycles. The smallest absolute Gasteiger partial charge is 0.119 e. The Morgan fingerprint density at radius 2 is 2.29 bits per heavy atom. The summed E-state index contributed by atoms with van der Waals surface area (Å²) in [6.07, 6.45) is 1.14. The molecular weight excluding hydrogens is 242 g/mol. The second-order valence-corrected chi connectivity index (χ2v) is 4.06. The van der Waals surface area contributed by atoms with Crippen LogP contribution in [-0.2, 0) is 13.0 Å². The molecule has 0 spiro atoms. The van der Waals surface area contributed by atoms with Crippen molar-refractivity contribution in [2.45, 2.75) is 13.0 Å². The molecule has 2 rings (SSSR count). The molecule has 3 heteroatoms. The standard InChI is InChI=1S/C11H14BrNO/c1-14-11-3-2-9-4-5-13(8-12)7-10(9)6-11/h2-3,6H,4-5,7-8H2,1H3. The topological polar surface area (TPSA) is 12.5 Å². The molecule has 0 aromatic heterocycles. The molecule has 0 fully saturated rings. The number of ether oxygens (including phenoxy) is 1. The van der Waals surface area contributed by atoms with Crippen LogP contribution in [-0.4, -0.2) is 24.0 Å². The molecule has 0 saturated carbocycles. The summed E-state index contributed by atoms with van der Waals surface area (Å²) < 4.78 is 5.22. The normalized spacial score (nSPS) is 16.4. The van der Waals surface area contributed by atoms with Crippen LogP contribution in [0.2, 0.25) is 0 Å². The Morgan fingerprint density at radius 3 is 3.00 bits per heavy atom. The van der Waals surface area contributed by atoms with Gasteiger partial charge in [-0.2, -0.15) is 0 Å². The average Bonchev–Trinajstić information content (AvgIpc) is 2.27. The molecule has 1 aromatic rings. The molecule has 1 heterocycles. The molecule has 0 atom stereocenters. The first-order chi connectivity index (χ1) is 6.83. The van der Waals surface area contributed by atoms with Gasteiger partial charge in [-0.1, -0.05) is 22.0 Å². The molecular formula is C11H14BrNO. The van der Waals surface area contributed by atoms with Crippen molar-refractivity contribution in [3.05, 3.63) is 29.3 Å². The second-order valence-electron chi connectivity index (χ2n) is 3.56. The highest BCUT2D eigenvalue weighted by Gasteiger charge is 2.15. The SMILES string of the molecule is COc1ccc2c(c1)CN(CBr)CC2. The van der Waals surface area contributed by atoms with Crippen LogP contribution in [0.25, 0.3) is 0 Å². The summed E-state index contributed by atoms with van der Waals surface area (Å²) in [4.78, 5) is 2.38. The first-order valence-electron chi connectivity index (χ1n) is 4.77. The Morgan fingerprint density at radius 1 is 1.43 bits per heavy atom. The highest BCUT2D eigenvalue weighted by molar-refractivity contribution is 9.09. The third-order valence-electron chi connectivity index (χ3n) is 2.67. The van der Waals surface area contributed by atoms with E-state index in [1.807, 2.05) is 6.07 Å². The van der Waals surface area contributed by atoms with Crippen LogP contribution >= 0.6 is 15.9 Å². The number of hydrogen-bond acceptors (Lipinski definition) is 2. The van der Waals surface area contributed by atoms with Gasteiger partial charge in [-0.3, -0.25) is 4.90 Å². The number of rotatable bonds is 2. The molecule has 0 amide bonds.